The number of hydrogen-bond acceptors (Lipinski definition) is 1. The quantitative estimate of drug-likeness (QED) is 0.440. The van der Waals surface area contributed by atoms with Gasteiger partial charge in [-0.1, -0.05) is 5.92 Å². The lowest BCUT2D eigenvalue weighted by atomic mass is 10.2. The van der Waals surface area contributed by atoms with E-state index < -0.39 is 0 Å². The van der Waals surface area contributed by atoms with E-state index in [4.69, 9.17) is 6.42 Å². The molecule has 0 radical (unpaired) electrons. The molecule has 0 amide bonds. The average Bonchev–Trinajstić information content (AvgIpc) is 1.96. The molecular weight excluding hydrogens is 136 g/mol. The summed E-state index contributed by atoms with van der Waals surface area (Å²) < 4.78 is 0. The summed E-state index contributed by atoms with van der Waals surface area (Å²) in [5.41, 5.74) is 0. The van der Waals surface area contributed by atoms with Crippen molar-refractivity contribution in [3.8, 4) is 24.2 Å². The van der Waals surface area contributed by atoms with Gasteiger partial charge in [0.05, 0.1) is 6.42 Å². The molecule has 1 nitrogen and oxygen atoms in total. The predicted molar refractivity (Wildman–Crippen MR) is 45.8 cm³/mol. The monoisotopic (exact) mass is 148 g/mol. The molecule has 0 saturated carbocycles. The lowest BCUT2D eigenvalue weighted by molar-refractivity contribution is -0.116. The number of Topliss-reactive ketones (excluding diaryl/α,β-unsaturated/α-hetero) is 1. The fourth-order valence-corrected chi connectivity index (χ4v) is 0.554. The third kappa shape index (κ3) is 8.79. The maximum absolute atomic E-state index is 10.4. The zero-order valence-electron chi connectivity index (χ0n) is 6.81. The standard InChI is InChI=1S/C10H12O/c1-3-4-5-6-7-8-9-10(2)11/h1H,4-6,9H2,2H3. The molecule has 0 N–H and O–H groups in total. The van der Waals surface area contributed by atoms with Crippen molar-refractivity contribution in [1.29, 1.82) is 0 Å². The summed E-state index contributed by atoms with van der Waals surface area (Å²) in [5, 5.41) is 0. The van der Waals surface area contributed by atoms with Crippen LogP contribution in [-0.4, -0.2) is 5.78 Å². The Hall–Kier alpha value is -1.21. The summed E-state index contributed by atoms with van der Waals surface area (Å²) in [4.78, 5) is 10.4. The van der Waals surface area contributed by atoms with Crippen molar-refractivity contribution in [2.75, 3.05) is 0 Å². The minimum Gasteiger partial charge on any atom is -0.299 e. The number of unbranched alkanes of at least 4 members (excludes halogenated alkanes) is 2. The number of carbonyl (C=O) groups is 1. The maximum Gasteiger partial charge on any atom is 0.141 e. The molecule has 0 atom stereocenters. The number of terminal acetylenes is 1. The van der Waals surface area contributed by atoms with Crippen molar-refractivity contribution < 1.29 is 4.79 Å². The van der Waals surface area contributed by atoms with Crippen molar-refractivity contribution in [3.05, 3.63) is 0 Å². The Morgan fingerprint density at radius 1 is 1.36 bits per heavy atom. The minimum absolute atomic E-state index is 0.120. The highest BCUT2D eigenvalue weighted by Crippen LogP contribution is 1.90. The molecule has 0 saturated heterocycles. The van der Waals surface area contributed by atoms with Gasteiger partial charge in [0, 0.05) is 12.8 Å². The minimum atomic E-state index is 0.120. The first kappa shape index (κ1) is 9.79. The van der Waals surface area contributed by atoms with Gasteiger partial charge in [0.25, 0.3) is 0 Å². The Morgan fingerprint density at radius 3 is 2.64 bits per heavy atom. The van der Waals surface area contributed by atoms with Gasteiger partial charge in [-0.3, -0.25) is 4.79 Å². The van der Waals surface area contributed by atoms with Crippen LogP contribution < -0.4 is 0 Å². The van der Waals surface area contributed by atoms with E-state index in [2.05, 4.69) is 17.8 Å². The molecule has 0 fully saturated rings. The molecule has 1 heteroatoms. The summed E-state index contributed by atoms with van der Waals surface area (Å²) in [6.45, 7) is 1.54. The second kappa shape index (κ2) is 6.90. The van der Waals surface area contributed by atoms with Crippen LogP contribution in [0.4, 0.5) is 0 Å². The number of carbonyl (C=O) groups excluding carboxylic acids is 1. The Bertz CT molecular complexity index is 209. The SMILES string of the molecule is C#CCCCC#CCC(C)=O. The zero-order valence-corrected chi connectivity index (χ0v) is 6.81. The maximum atomic E-state index is 10.4. The van der Waals surface area contributed by atoms with Crippen molar-refractivity contribution in [3.63, 3.8) is 0 Å². The van der Waals surface area contributed by atoms with E-state index in [0.29, 0.717) is 6.42 Å². The molecule has 0 aliphatic rings. The van der Waals surface area contributed by atoms with Gasteiger partial charge in [-0.15, -0.1) is 18.3 Å². The highest BCUT2D eigenvalue weighted by atomic mass is 16.1. The van der Waals surface area contributed by atoms with E-state index in [1.54, 1.807) is 0 Å². The van der Waals surface area contributed by atoms with Crippen LogP contribution >= 0.6 is 0 Å². The van der Waals surface area contributed by atoms with Gasteiger partial charge in [0.15, 0.2) is 0 Å². The van der Waals surface area contributed by atoms with Crippen LogP contribution in [0, 0.1) is 24.2 Å². The highest BCUT2D eigenvalue weighted by molar-refractivity contribution is 5.77. The first-order chi connectivity index (χ1) is 5.27. The normalized spacial score (nSPS) is 7.64. The molecule has 11 heavy (non-hydrogen) atoms. The smallest absolute Gasteiger partial charge is 0.141 e. The van der Waals surface area contributed by atoms with Crippen LogP contribution in [0.2, 0.25) is 0 Å². The number of rotatable bonds is 3. The molecule has 0 bridgehead atoms. The van der Waals surface area contributed by atoms with Crippen molar-refractivity contribution in [2.45, 2.75) is 32.6 Å². The van der Waals surface area contributed by atoms with Gasteiger partial charge in [-0.25, -0.2) is 0 Å². The topological polar surface area (TPSA) is 17.1 Å². The first-order valence-corrected chi connectivity index (χ1v) is 3.66. The van der Waals surface area contributed by atoms with Crippen LogP contribution in [-0.2, 0) is 4.79 Å². The fraction of sp³-hybridized carbons (Fsp3) is 0.500. The molecule has 0 spiro atoms. The summed E-state index contributed by atoms with van der Waals surface area (Å²) in [7, 11) is 0. The van der Waals surface area contributed by atoms with Crippen LogP contribution in [0.25, 0.3) is 0 Å². The van der Waals surface area contributed by atoms with Gasteiger partial charge in [0.1, 0.15) is 5.78 Å². The Balaban J connectivity index is 3.28. The second-order valence-corrected chi connectivity index (χ2v) is 2.29. The lowest BCUT2D eigenvalue weighted by Crippen LogP contribution is -1.84. The molecule has 58 valence electrons. The molecule has 0 aromatic rings. The second-order valence-electron chi connectivity index (χ2n) is 2.29. The predicted octanol–water partition coefficient (Wildman–Crippen LogP) is 1.77. The lowest BCUT2D eigenvalue weighted by Gasteiger charge is -1.83. The van der Waals surface area contributed by atoms with Gasteiger partial charge in [0.2, 0.25) is 0 Å². The summed E-state index contributed by atoms with van der Waals surface area (Å²) in [5.74, 6) is 8.31. The molecule has 0 aromatic carbocycles. The van der Waals surface area contributed by atoms with Gasteiger partial charge >= 0.3 is 0 Å². The van der Waals surface area contributed by atoms with E-state index in [9.17, 15) is 4.79 Å². The Labute approximate surface area is 68.2 Å². The molecule has 0 heterocycles. The number of ketones is 1. The molecule has 0 unspecified atom stereocenters. The molecule has 0 rings (SSSR count). The summed E-state index contributed by atoms with van der Waals surface area (Å²) in [6, 6.07) is 0. The van der Waals surface area contributed by atoms with Gasteiger partial charge in [-0.2, -0.15) is 0 Å². The fourth-order valence-electron chi connectivity index (χ4n) is 0.554. The van der Waals surface area contributed by atoms with E-state index in [-0.39, 0.29) is 5.78 Å². The molecule has 0 aliphatic heterocycles. The van der Waals surface area contributed by atoms with E-state index in [0.717, 1.165) is 19.3 Å². The zero-order chi connectivity index (χ0) is 8.53. The first-order valence-electron chi connectivity index (χ1n) is 3.66. The van der Waals surface area contributed by atoms with Gasteiger partial charge in [-0.05, 0) is 13.3 Å². The van der Waals surface area contributed by atoms with Crippen molar-refractivity contribution in [2.24, 2.45) is 0 Å². The van der Waals surface area contributed by atoms with E-state index in [1.165, 1.54) is 6.92 Å². The largest absolute Gasteiger partial charge is 0.299 e. The van der Waals surface area contributed by atoms with Crippen LogP contribution in [0.5, 0.6) is 0 Å². The summed E-state index contributed by atoms with van der Waals surface area (Å²) in [6.07, 6.45) is 7.92. The number of hydrogen-bond donors (Lipinski definition) is 0. The van der Waals surface area contributed by atoms with Gasteiger partial charge < -0.3 is 0 Å². The van der Waals surface area contributed by atoms with E-state index >= 15 is 0 Å². The third-order valence-corrected chi connectivity index (χ3v) is 1.09. The summed E-state index contributed by atoms with van der Waals surface area (Å²) >= 11 is 0. The Kier molecular flexibility index (Phi) is 6.14. The third-order valence-electron chi connectivity index (χ3n) is 1.09. The average molecular weight is 148 g/mol. The molecule has 0 aliphatic carbocycles. The van der Waals surface area contributed by atoms with Crippen molar-refractivity contribution in [1.82, 2.24) is 0 Å². The van der Waals surface area contributed by atoms with Crippen LogP contribution in [0.15, 0.2) is 0 Å². The molecule has 0 aromatic heterocycles. The van der Waals surface area contributed by atoms with Crippen LogP contribution in [0.1, 0.15) is 32.6 Å². The molecular formula is C10H12O. The Morgan fingerprint density at radius 2 is 2.09 bits per heavy atom. The van der Waals surface area contributed by atoms with Crippen molar-refractivity contribution >= 4 is 5.78 Å². The van der Waals surface area contributed by atoms with E-state index in [1.807, 2.05) is 0 Å². The van der Waals surface area contributed by atoms with Crippen LogP contribution in [0.3, 0.4) is 0 Å². The highest BCUT2D eigenvalue weighted by Gasteiger charge is 1.84.